The number of piperazine rings is 3. The number of benzene rings is 2. The van der Waals surface area contributed by atoms with E-state index in [-0.39, 0.29) is 6.04 Å². The third kappa shape index (κ3) is 3.31. The summed E-state index contributed by atoms with van der Waals surface area (Å²) in [7, 11) is -1.85. The van der Waals surface area contributed by atoms with Crippen LogP contribution in [-0.4, -0.2) is 82.8 Å². The smallest absolute Gasteiger partial charge is 0.326 e. The lowest BCUT2D eigenvalue weighted by Gasteiger charge is -2.55. The van der Waals surface area contributed by atoms with Crippen molar-refractivity contribution in [2.24, 2.45) is 5.73 Å². The Labute approximate surface area is 192 Å². The molecule has 4 heterocycles. The van der Waals surface area contributed by atoms with Gasteiger partial charge in [-0.05, 0) is 37.9 Å². The van der Waals surface area contributed by atoms with Gasteiger partial charge in [0, 0.05) is 30.5 Å². The number of hydrogen-bond acceptors (Lipinski definition) is 3. The maximum atomic E-state index is 13.1. The van der Waals surface area contributed by atoms with Crippen molar-refractivity contribution in [2.45, 2.75) is 32.9 Å². The van der Waals surface area contributed by atoms with Crippen LogP contribution in [0.4, 0.5) is 11.4 Å². The van der Waals surface area contributed by atoms with E-state index in [9.17, 15) is 8.42 Å². The second-order valence-corrected chi connectivity index (χ2v) is 12.2. The SMILES string of the molecule is CC(C)N1c2ccc3ccc(C[N+]45CC[N+](CCCN)(CC4)CC5)cc3c2N(C)S1(=O)=O. The Morgan fingerprint density at radius 3 is 2.25 bits per heavy atom. The topological polar surface area (TPSA) is 66.6 Å². The van der Waals surface area contributed by atoms with E-state index in [2.05, 4.69) is 24.3 Å². The lowest BCUT2D eigenvalue weighted by molar-refractivity contribution is -1.09. The summed E-state index contributed by atoms with van der Waals surface area (Å²) in [4.78, 5) is 0. The second-order valence-electron chi connectivity index (χ2n) is 10.4. The van der Waals surface area contributed by atoms with Gasteiger partial charge in [0.15, 0.2) is 0 Å². The van der Waals surface area contributed by atoms with Gasteiger partial charge < -0.3 is 14.7 Å². The van der Waals surface area contributed by atoms with Gasteiger partial charge in [-0.2, -0.15) is 8.42 Å². The maximum absolute atomic E-state index is 13.1. The number of nitrogens with zero attached hydrogens (tertiary/aromatic N) is 4. The highest BCUT2D eigenvalue weighted by Crippen LogP contribution is 2.46. The first-order valence-corrected chi connectivity index (χ1v) is 13.3. The molecule has 2 N–H and O–H groups in total. The average Bonchev–Trinajstić information content (AvgIpc) is 2.99. The van der Waals surface area contributed by atoms with Gasteiger partial charge >= 0.3 is 10.2 Å². The number of hydrogen-bond donors (Lipinski definition) is 1. The largest absolute Gasteiger partial charge is 0.330 e. The van der Waals surface area contributed by atoms with Crippen LogP contribution in [0.1, 0.15) is 25.8 Å². The van der Waals surface area contributed by atoms with Crippen LogP contribution in [0, 0.1) is 0 Å². The van der Waals surface area contributed by atoms with Gasteiger partial charge in [0.05, 0.1) is 17.9 Å². The Morgan fingerprint density at radius 1 is 1.00 bits per heavy atom. The molecule has 174 valence electrons. The Bertz CT molecular complexity index is 1120. The number of quaternary nitrogens is 2. The Balaban J connectivity index is 1.46. The van der Waals surface area contributed by atoms with Gasteiger partial charge in [0.1, 0.15) is 45.8 Å². The first kappa shape index (κ1) is 21.9. The fraction of sp³-hybridized carbons (Fsp3) is 0.583. The molecule has 7 nitrogen and oxygen atoms in total. The minimum Gasteiger partial charge on any atom is -0.330 e. The van der Waals surface area contributed by atoms with Crippen molar-refractivity contribution < 1.29 is 17.4 Å². The quantitative estimate of drug-likeness (QED) is 0.674. The molecule has 0 amide bonds. The highest BCUT2D eigenvalue weighted by Gasteiger charge is 2.48. The van der Waals surface area contributed by atoms with Crippen molar-refractivity contribution in [1.29, 1.82) is 0 Å². The molecule has 4 aliphatic heterocycles. The number of nitrogens with two attached hydrogens (primary N) is 1. The number of anilines is 2. The molecule has 2 aromatic carbocycles. The average molecular weight is 460 g/mol. The van der Waals surface area contributed by atoms with E-state index in [0.29, 0.717) is 0 Å². The van der Waals surface area contributed by atoms with E-state index in [0.717, 1.165) is 46.1 Å². The zero-order valence-corrected chi connectivity index (χ0v) is 20.4. The zero-order chi connectivity index (χ0) is 22.7. The fourth-order valence-electron chi connectivity index (χ4n) is 6.19. The Kier molecular flexibility index (Phi) is 5.20. The molecular formula is C24H37N5O2S+2. The van der Waals surface area contributed by atoms with Crippen molar-refractivity contribution in [2.75, 3.05) is 68.0 Å². The summed E-state index contributed by atoms with van der Waals surface area (Å²) in [6.45, 7) is 14.4. The van der Waals surface area contributed by atoms with Crippen molar-refractivity contribution in [3.8, 4) is 0 Å². The fourth-order valence-corrected chi connectivity index (χ4v) is 7.81. The van der Waals surface area contributed by atoms with E-state index < -0.39 is 10.2 Å². The molecule has 0 aliphatic carbocycles. The molecule has 32 heavy (non-hydrogen) atoms. The van der Waals surface area contributed by atoms with Crippen molar-refractivity contribution in [1.82, 2.24) is 0 Å². The molecule has 0 saturated carbocycles. The van der Waals surface area contributed by atoms with Crippen LogP contribution in [0.25, 0.3) is 10.8 Å². The van der Waals surface area contributed by atoms with E-state index in [1.165, 1.54) is 60.2 Å². The third-order valence-electron chi connectivity index (χ3n) is 8.15. The van der Waals surface area contributed by atoms with Crippen LogP contribution in [0.2, 0.25) is 0 Å². The normalized spacial score (nSPS) is 28.7. The summed E-state index contributed by atoms with van der Waals surface area (Å²) in [6.07, 6.45) is 1.12. The summed E-state index contributed by atoms with van der Waals surface area (Å²) in [6, 6.07) is 10.5. The van der Waals surface area contributed by atoms with Gasteiger partial charge in [0.25, 0.3) is 0 Å². The molecule has 0 spiro atoms. The summed E-state index contributed by atoms with van der Waals surface area (Å²) < 4.78 is 31.6. The molecule has 4 aliphatic rings. The van der Waals surface area contributed by atoms with Gasteiger partial charge in [-0.15, -0.1) is 0 Å². The summed E-state index contributed by atoms with van der Waals surface area (Å²) >= 11 is 0. The summed E-state index contributed by atoms with van der Waals surface area (Å²) in [5.74, 6) is 0. The zero-order valence-electron chi connectivity index (χ0n) is 19.6. The molecule has 6 rings (SSSR count). The maximum Gasteiger partial charge on any atom is 0.326 e. The van der Waals surface area contributed by atoms with Crippen molar-refractivity contribution >= 4 is 32.4 Å². The molecule has 3 fully saturated rings. The van der Waals surface area contributed by atoms with Crippen molar-refractivity contribution in [3.05, 3.63) is 35.9 Å². The number of fused-ring (bicyclic) bond motifs is 6. The minimum atomic E-state index is -3.53. The standard InChI is InChI=1S/C24H37N5O2S/c1-19(2)27-23-8-7-21-6-5-20(17-22(21)24(23)26(3)32(27,30)31)18-29-14-11-28(12-15-29,13-16-29)10-4-9-25/h5-8,17,19H,4,9-16,18,25H2,1-3H3/q+2. The van der Waals surface area contributed by atoms with Crippen LogP contribution in [0.3, 0.4) is 0 Å². The molecule has 8 heteroatoms. The highest BCUT2D eigenvalue weighted by molar-refractivity contribution is 7.94. The second kappa shape index (κ2) is 7.58. The molecule has 2 aromatic rings. The predicted molar refractivity (Wildman–Crippen MR) is 131 cm³/mol. The van der Waals surface area contributed by atoms with E-state index in [4.69, 9.17) is 5.73 Å². The van der Waals surface area contributed by atoms with E-state index in [1.54, 1.807) is 11.4 Å². The summed E-state index contributed by atoms with van der Waals surface area (Å²) in [5, 5.41) is 2.13. The van der Waals surface area contributed by atoms with E-state index >= 15 is 0 Å². The first-order valence-electron chi connectivity index (χ1n) is 11.9. The molecule has 0 aromatic heterocycles. The molecule has 0 unspecified atom stereocenters. The van der Waals surface area contributed by atoms with E-state index in [1.807, 2.05) is 19.9 Å². The Hall–Kier alpha value is -1.87. The predicted octanol–water partition coefficient (Wildman–Crippen LogP) is 2.26. The lowest BCUT2D eigenvalue weighted by Crippen LogP contribution is -2.74. The summed E-state index contributed by atoms with van der Waals surface area (Å²) in [5.41, 5.74) is 8.69. The van der Waals surface area contributed by atoms with Gasteiger partial charge in [-0.1, -0.05) is 18.2 Å². The molecule has 0 radical (unpaired) electrons. The van der Waals surface area contributed by atoms with Crippen LogP contribution in [0.15, 0.2) is 30.3 Å². The minimum absolute atomic E-state index is 0.123. The Morgan fingerprint density at radius 2 is 1.62 bits per heavy atom. The first-order chi connectivity index (χ1) is 15.2. The molecular weight excluding hydrogens is 422 g/mol. The van der Waals surface area contributed by atoms with Crippen LogP contribution in [0.5, 0.6) is 0 Å². The van der Waals surface area contributed by atoms with Crippen LogP contribution in [-0.2, 0) is 16.8 Å². The monoisotopic (exact) mass is 459 g/mol. The molecule has 0 atom stereocenters. The van der Waals surface area contributed by atoms with Crippen LogP contribution >= 0.6 is 0 Å². The van der Waals surface area contributed by atoms with Gasteiger partial charge in [-0.3, -0.25) is 4.31 Å². The molecule has 2 bridgehead atoms. The third-order valence-corrected chi connectivity index (χ3v) is 10.1. The molecule has 3 saturated heterocycles. The van der Waals surface area contributed by atoms with Gasteiger partial charge in [0.2, 0.25) is 0 Å². The highest BCUT2D eigenvalue weighted by atomic mass is 32.2. The van der Waals surface area contributed by atoms with Crippen molar-refractivity contribution in [3.63, 3.8) is 0 Å². The van der Waals surface area contributed by atoms with Crippen LogP contribution < -0.4 is 14.3 Å². The number of rotatable bonds is 6. The lowest BCUT2D eigenvalue weighted by atomic mass is 10.0. The van der Waals surface area contributed by atoms with Gasteiger partial charge in [-0.25, -0.2) is 4.31 Å².